The number of halogens is 2. The molecule has 0 spiro atoms. The lowest BCUT2D eigenvalue weighted by molar-refractivity contribution is 0.0574. The van der Waals surface area contributed by atoms with E-state index in [1.807, 2.05) is 16.3 Å². The quantitative estimate of drug-likeness (QED) is 0.888. The van der Waals surface area contributed by atoms with Gasteiger partial charge in [0.05, 0.1) is 9.35 Å². The maximum absolute atomic E-state index is 12.3. The molecule has 1 aromatic rings. The lowest BCUT2D eigenvalue weighted by Gasteiger charge is -2.37. The Labute approximate surface area is 126 Å². The summed E-state index contributed by atoms with van der Waals surface area (Å²) in [6, 6.07) is 2.09. The summed E-state index contributed by atoms with van der Waals surface area (Å²) in [6.45, 7) is 3.61. The van der Waals surface area contributed by atoms with Crippen LogP contribution in [0.5, 0.6) is 0 Å². The summed E-state index contributed by atoms with van der Waals surface area (Å²) < 4.78 is 0.996. The van der Waals surface area contributed by atoms with E-state index in [1.165, 1.54) is 0 Å². The second-order valence-electron chi connectivity index (χ2n) is 4.66. The first-order valence-electron chi connectivity index (χ1n) is 5.87. The molecule has 2 atom stereocenters. The Hall–Kier alpha value is -0.100. The van der Waals surface area contributed by atoms with Crippen LogP contribution in [0.15, 0.2) is 15.2 Å². The molecule has 3 nitrogen and oxygen atoms in total. The van der Waals surface area contributed by atoms with Crippen LogP contribution in [0.4, 0.5) is 0 Å². The molecule has 1 aliphatic heterocycles. The van der Waals surface area contributed by atoms with Crippen LogP contribution in [0.1, 0.15) is 30.1 Å². The second kappa shape index (κ2) is 6.89. The zero-order valence-corrected chi connectivity index (χ0v) is 13.5. The summed E-state index contributed by atoms with van der Waals surface area (Å²) in [5.74, 6) is 0.788. The number of nitrogens with two attached hydrogens (primary N) is 1. The molecule has 1 amide bonds. The largest absolute Gasteiger partial charge is 0.334 e. The van der Waals surface area contributed by atoms with E-state index < -0.39 is 0 Å². The number of piperidine rings is 1. The molecule has 0 bridgehead atoms. The number of carbonyl (C=O) groups is 1. The second-order valence-corrected chi connectivity index (χ2v) is 6.95. The van der Waals surface area contributed by atoms with Crippen molar-refractivity contribution in [3.8, 4) is 0 Å². The Bertz CT molecular complexity index is 413. The molecular formula is C12H18BrClN2OS. The van der Waals surface area contributed by atoms with Crippen LogP contribution < -0.4 is 5.73 Å². The molecule has 2 unspecified atom stereocenters. The summed E-state index contributed by atoms with van der Waals surface area (Å²) >= 11 is 4.93. The fourth-order valence-corrected chi connectivity index (χ4v) is 3.46. The first kappa shape index (κ1) is 16.0. The van der Waals surface area contributed by atoms with Crippen LogP contribution in [0.2, 0.25) is 0 Å². The fraction of sp³-hybridized carbons (Fsp3) is 0.583. The molecular weight excluding hydrogens is 336 g/mol. The molecule has 0 aromatic carbocycles. The normalized spacial score (nSPS) is 23.6. The van der Waals surface area contributed by atoms with E-state index in [-0.39, 0.29) is 24.4 Å². The van der Waals surface area contributed by atoms with E-state index >= 15 is 0 Å². The molecule has 1 aliphatic rings. The van der Waals surface area contributed by atoms with Gasteiger partial charge in [0.15, 0.2) is 0 Å². The van der Waals surface area contributed by atoms with E-state index in [0.717, 1.165) is 28.7 Å². The first-order valence-corrected chi connectivity index (χ1v) is 7.54. The van der Waals surface area contributed by atoms with Crippen molar-refractivity contribution in [3.63, 3.8) is 0 Å². The van der Waals surface area contributed by atoms with Gasteiger partial charge in [-0.15, -0.1) is 23.7 Å². The predicted octanol–water partition coefficient (Wildman–Crippen LogP) is 3.13. The Kier molecular flexibility index (Phi) is 6.11. The van der Waals surface area contributed by atoms with Crippen molar-refractivity contribution in [2.45, 2.75) is 25.8 Å². The van der Waals surface area contributed by atoms with Crippen molar-refractivity contribution in [2.75, 3.05) is 13.1 Å². The molecule has 2 heterocycles. The van der Waals surface area contributed by atoms with E-state index in [0.29, 0.717) is 12.5 Å². The molecule has 0 radical (unpaired) electrons. The Balaban J connectivity index is 0.00000162. The number of hydrogen-bond acceptors (Lipinski definition) is 3. The molecule has 2 rings (SSSR count). The van der Waals surface area contributed by atoms with Gasteiger partial charge in [-0.25, -0.2) is 0 Å². The lowest BCUT2D eigenvalue weighted by Crippen LogP contribution is -2.49. The summed E-state index contributed by atoms with van der Waals surface area (Å²) in [7, 11) is 0. The summed E-state index contributed by atoms with van der Waals surface area (Å²) in [6.07, 6.45) is 2.10. The average molecular weight is 354 g/mol. The number of likely N-dealkylation sites (tertiary alicyclic amines) is 1. The van der Waals surface area contributed by atoms with Crippen LogP contribution in [0.3, 0.4) is 0 Å². The van der Waals surface area contributed by atoms with E-state index in [9.17, 15) is 4.79 Å². The molecule has 1 fully saturated rings. The molecule has 6 heteroatoms. The van der Waals surface area contributed by atoms with Gasteiger partial charge in [-0.3, -0.25) is 4.79 Å². The highest BCUT2D eigenvalue weighted by Crippen LogP contribution is 2.26. The van der Waals surface area contributed by atoms with Crippen molar-refractivity contribution >= 4 is 45.6 Å². The van der Waals surface area contributed by atoms with Gasteiger partial charge < -0.3 is 10.6 Å². The van der Waals surface area contributed by atoms with Gasteiger partial charge in [0.2, 0.25) is 0 Å². The third kappa shape index (κ3) is 3.47. The Morgan fingerprint density at radius 1 is 1.67 bits per heavy atom. The minimum atomic E-state index is 0. The van der Waals surface area contributed by atoms with Crippen LogP contribution in [0.25, 0.3) is 0 Å². The van der Waals surface area contributed by atoms with Gasteiger partial charge in [-0.1, -0.05) is 6.92 Å². The van der Waals surface area contributed by atoms with Gasteiger partial charge in [0.1, 0.15) is 0 Å². The molecule has 2 N–H and O–H groups in total. The Morgan fingerprint density at radius 2 is 2.39 bits per heavy atom. The zero-order valence-electron chi connectivity index (χ0n) is 10.3. The molecule has 18 heavy (non-hydrogen) atoms. The first-order chi connectivity index (χ1) is 8.11. The highest BCUT2D eigenvalue weighted by Gasteiger charge is 2.29. The third-order valence-electron chi connectivity index (χ3n) is 3.33. The SMILES string of the molecule is CC1CCN(C(=O)c2csc(Br)c2)C(CN)C1.Cl. The standard InChI is InChI=1S/C12H17BrN2OS.ClH/c1-8-2-3-15(10(4-8)6-14)12(16)9-5-11(13)17-7-9;/h5,7-8,10H,2-4,6,14H2,1H3;1H. The van der Waals surface area contributed by atoms with Crippen molar-refractivity contribution in [3.05, 3.63) is 20.8 Å². The number of amides is 1. The lowest BCUT2D eigenvalue weighted by atomic mass is 9.92. The van der Waals surface area contributed by atoms with E-state index in [1.54, 1.807) is 11.3 Å². The van der Waals surface area contributed by atoms with Gasteiger partial charge in [-0.05, 0) is 40.8 Å². The summed E-state index contributed by atoms with van der Waals surface area (Å²) in [4.78, 5) is 14.3. The molecule has 1 saturated heterocycles. The average Bonchev–Trinajstić information content (AvgIpc) is 2.75. The maximum Gasteiger partial charge on any atom is 0.255 e. The highest BCUT2D eigenvalue weighted by molar-refractivity contribution is 9.11. The maximum atomic E-state index is 12.3. The molecule has 0 aliphatic carbocycles. The number of nitrogens with zero attached hydrogens (tertiary/aromatic N) is 1. The highest BCUT2D eigenvalue weighted by atomic mass is 79.9. The van der Waals surface area contributed by atoms with Gasteiger partial charge in [-0.2, -0.15) is 0 Å². The zero-order chi connectivity index (χ0) is 12.4. The number of hydrogen-bond donors (Lipinski definition) is 1. The predicted molar refractivity (Wildman–Crippen MR) is 81.5 cm³/mol. The summed E-state index contributed by atoms with van der Waals surface area (Å²) in [5, 5.41) is 1.90. The van der Waals surface area contributed by atoms with Gasteiger partial charge in [0, 0.05) is 24.5 Å². The smallest absolute Gasteiger partial charge is 0.255 e. The molecule has 1 aromatic heterocycles. The molecule has 102 valence electrons. The minimum absolute atomic E-state index is 0. The Morgan fingerprint density at radius 3 is 2.94 bits per heavy atom. The van der Waals surface area contributed by atoms with Crippen LogP contribution >= 0.6 is 39.7 Å². The van der Waals surface area contributed by atoms with E-state index in [2.05, 4.69) is 22.9 Å². The topological polar surface area (TPSA) is 46.3 Å². The van der Waals surface area contributed by atoms with Crippen molar-refractivity contribution in [1.82, 2.24) is 4.90 Å². The summed E-state index contributed by atoms with van der Waals surface area (Å²) in [5.41, 5.74) is 6.55. The van der Waals surface area contributed by atoms with Gasteiger partial charge >= 0.3 is 0 Å². The number of carbonyl (C=O) groups excluding carboxylic acids is 1. The van der Waals surface area contributed by atoms with Gasteiger partial charge in [0.25, 0.3) is 5.91 Å². The van der Waals surface area contributed by atoms with E-state index in [4.69, 9.17) is 5.73 Å². The van der Waals surface area contributed by atoms with Crippen LogP contribution in [0, 0.1) is 5.92 Å². The van der Waals surface area contributed by atoms with Crippen LogP contribution in [-0.2, 0) is 0 Å². The number of rotatable bonds is 2. The monoisotopic (exact) mass is 352 g/mol. The third-order valence-corrected chi connectivity index (χ3v) is 4.83. The van der Waals surface area contributed by atoms with Crippen molar-refractivity contribution in [1.29, 1.82) is 0 Å². The minimum Gasteiger partial charge on any atom is -0.334 e. The van der Waals surface area contributed by atoms with Crippen molar-refractivity contribution in [2.24, 2.45) is 11.7 Å². The number of thiophene rings is 1. The molecule has 0 saturated carbocycles. The fourth-order valence-electron chi connectivity index (χ4n) is 2.33. The van der Waals surface area contributed by atoms with Crippen molar-refractivity contribution < 1.29 is 4.79 Å². The van der Waals surface area contributed by atoms with Crippen LogP contribution in [-0.4, -0.2) is 29.9 Å².